The van der Waals surface area contributed by atoms with Gasteiger partial charge in [0.25, 0.3) is 0 Å². The number of hydrogen-bond donors (Lipinski definition) is 2. The molecule has 1 aliphatic heterocycles. The minimum absolute atomic E-state index is 0.00835. The lowest BCUT2D eigenvalue weighted by Gasteiger charge is -2.42. The topological polar surface area (TPSA) is 53.6 Å². The lowest BCUT2D eigenvalue weighted by molar-refractivity contribution is -0.119. The second-order valence-electron chi connectivity index (χ2n) is 5.92. The number of carbonyl (C=O) groups is 1. The maximum atomic E-state index is 12.2. The van der Waals surface area contributed by atoms with Gasteiger partial charge in [-0.25, -0.2) is 0 Å². The van der Waals surface area contributed by atoms with E-state index in [0.717, 1.165) is 31.1 Å². The van der Waals surface area contributed by atoms with Crippen molar-refractivity contribution in [2.24, 2.45) is 0 Å². The molecule has 0 radical (unpaired) electrons. The molecule has 5 nitrogen and oxygen atoms in total. The van der Waals surface area contributed by atoms with Gasteiger partial charge in [-0.15, -0.1) is 0 Å². The predicted molar refractivity (Wildman–Crippen MR) is 84.8 cm³/mol. The molecule has 2 N–H and O–H groups in total. The van der Waals surface area contributed by atoms with Crippen LogP contribution in [0.15, 0.2) is 24.3 Å². The van der Waals surface area contributed by atoms with Crippen LogP contribution in [0.2, 0.25) is 0 Å². The molecule has 21 heavy (non-hydrogen) atoms. The Bertz CT molecular complexity index is 471. The fourth-order valence-corrected chi connectivity index (χ4v) is 2.49. The van der Waals surface area contributed by atoms with Crippen LogP contribution in [0.25, 0.3) is 0 Å². The van der Waals surface area contributed by atoms with Crippen LogP contribution in [0.4, 0.5) is 5.69 Å². The number of carbonyl (C=O) groups excluding carboxylic acids is 1. The van der Waals surface area contributed by atoms with Crippen molar-refractivity contribution in [1.82, 2.24) is 10.2 Å². The van der Waals surface area contributed by atoms with E-state index in [4.69, 9.17) is 4.74 Å². The molecule has 1 heterocycles. The summed E-state index contributed by atoms with van der Waals surface area (Å²) in [6, 6.07) is 7.47. The van der Waals surface area contributed by atoms with Crippen molar-refractivity contribution in [3.05, 3.63) is 24.3 Å². The highest BCUT2D eigenvalue weighted by molar-refractivity contribution is 5.92. The van der Waals surface area contributed by atoms with E-state index in [2.05, 4.69) is 29.4 Å². The van der Waals surface area contributed by atoms with Gasteiger partial charge in [-0.1, -0.05) is 0 Å². The fraction of sp³-hybridized carbons (Fsp3) is 0.562. The van der Waals surface area contributed by atoms with Gasteiger partial charge in [0.15, 0.2) is 0 Å². The van der Waals surface area contributed by atoms with Crippen molar-refractivity contribution in [3.63, 3.8) is 0 Å². The third-order valence-electron chi connectivity index (χ3n) is 3.76. The molecule has 0 bridgehead atoms. The van der Waals surface area contributed by atoms with Crippen molar-refractivity contribution < 1.29 is 9.53 Å². The Morgan fingerprint density at radius 3 is 2.71 bits per heavy atom. The van der Waals surface area contributed by atoms with E-state index < -0.39 is 0 Å². The van der Waals surface area contributed by atoms with Crippen molar-refractivity contribution in [3.8, 4) is 5.75 Å². The van der Waals surface area contributed by atoms with E-state index in [1.165, 1.54) is 0 Å². The highest BCUT2D eigenvalue weighted by Crippen LogP contribution is 2.18. The van der Waals surface area contributed by atoms with Gasteiger partial charge in [0, 0.05) is 30.9 Å². The molecular weight excluding hydrogens is 266 g/mol. The third-order valence-corrected chi connectivity index (χ3v) is 3.76. The van der Waals surface area contributed by atoms with Gasteiger partial charge in [0.2, 0.25) is 5.91 Å². The van der Waals surface area contributed by atoms with Gasteiger partial charge < -0.3 is 15.4 Å². The average Bonchev–Trinajstić information content (AvgIpc) is 2.44. The number of amides is 1. The maximum Gasteiger partial charge on any atom is 0.238 e. The van der Waals surface area contributed by atoms with Crippen LogP contribution in [-0.4, -0.2) is 49.1 Å². The van der Waals surface area contributed by atoms with Crippen LogP contribution in [0.3, 0.4) is 0 Å². The molecule has 1 aliphatic rings. The van der Waals surface area contributed by atoms with Crippen molar-refractivity contribution in [2.75, 3.05) is 38.1 Å². The van der Waals surface area contributed by atoms with Gasteiger partial charge >= 0.3 is 0 Å². The zero-order valence-corrected chi connectivity index (χ0v) is 13.1. The van der Waals surface area contributed by atoms with Gasteiger partial charge in [0.1, 0.15) is 5.75 Å². The summed E-state index contributed by atoms with van der Waals surface area (Å²) in [5, 5.41) is 6.30. The van der Waals surface area contributed by atoms with Crippen LogP contribution in [-0.2, 0) is 4.79 Å². The van der Waals surface area contributed by atoms with Crippen molar-refractivity contribution in [2.45, 2.75) is 26.3 Å². The summed E-state index contributed by atoms with van der Waals surface area (Å²) in [6.45, 7) is 10.1. The zero-order chi connectivity index (χ0) is 15.3. The van der Waals surface area contributed by atoms with E-state index in [-0.39, 0.29) is 11.4 Å². The van der Waals surface area contributed by atoms with Gasteiger partial charge in [-0.05, 0) is 45.0 Å². The smallest absolute Gasteiger partial charge is 0.238 e. The normalized spacial score (nSPS) is 18.2. The first-order valence-corrected chi connectivity index (χ1v) is 7.50. The molecule has 1 aromatic rings. The van der Waals surface area contributed by atoms with E-state index in [1.807, 2.05) is 31.2 Å². The predicted octanol–water partition coefficient (Wildman–Crippen LogP) is 1.71. The molecule has 1 fully saturated rings. The number of piperazine rings is 1. The minimum atomic E-state index is 0.00835. The SMILES string of the molecule is CCOc1ccc(NC(=O)CN2CCNCC2(C)C)cc1. The van der Waals surface area contributed by atoms with E-state index in [9.17, 15) is 4.79 Å². The van der Waals surface area contributed by atoms with Gasteiger partial charge in [-0.2, -0.15) is 0 Å². The molecule has 2 rings (SSSR count). The van der Waals surface area contributed by atoms with Crippen LogP contribution in [0.1, 0.15) is 20.8 Å². The number of ether oxygens (including phenoxy) is 1. The summed E-state index contributed by atoms with van der Waals surface area (Å²) in [7, 11) is 0. The number of nitrogens with zero attached hydrogens (tertiary/aromatic N) is 1. The van der Waals surface area contributed by atoms with Crippen molar-refractivity contribution >= 4 is 11.6 Å². The number of nitrogens with one attached hydrogen (secondary N) is 2. The summed E-state index contributed by atoms with van der Waals surface area (Å²) < 4.78 is 5.39. The summed E-state index contributed by atoms with van der Waals surface area (Å²) in [5.74, 6) is 0.841. The molecule has 5 heteroatoms. The number of hydrogen-bond acceptors (Lipinski definition) is 4. The Morgan fingerprint density at radius 2 is 2.10 bits per heavy atom. The first kappa shape index (κ1) is 15.8. The Hall–Kier alpha value is -1.59. The zero-order valence-electron chi connectivity index (χ0n) is 13.1. The second-order valence-corrected chi connectivity index (χ2v) is 5.92. The van der Waals surface area contributed by atoms with Crippen LogP contribution in [0.5, 0.6) is 5.75 Å². The van der Waals surface area contributed by atoms with Crippen LogP contribution in [0, 0.1) is 0 Å². The van der Waals surface area contributed by atoms with Crippen molar-refractivity contribution in [1.29, 1.82) is 0 Å². The van der Waals surface area contributed by atoms with Crippen LogP contribution < -0.4 is 15.4 Å². The summed E-state index contributed by atoms with van der Waals surface area (Å²) in [5.41, 5.74) is 0.811. The number of rotatable bonds is 5. The van der Waals surface area contributed by atoms with E-state index in [1.54, 1.807) is 0 Å². The lowest BCUT2D eigenvalue weighted by atomic mass is 10.0. The average molecular weight is 291 g/mol. The van der Waals surface area contributed by atoms with Gasteiger partial charge in [-0.3, -0.25) is 9.69 Å². The molecule has 1 amide bonds. The quantitative estimate of drug-likeness (QED) is 0.867. The molecule has 0 atom stereocenters. The largest absolute Gasteiger partial charge is 0.494 e. The number of anilines is 1. The Kier molecular flexibility index (Phi) is 5.20. The second kappa shape index (κ2) is 6.91. The molecule has 1 saturated heterocycles. The van der Waals surface area contributed by atoms with E-state index >= 15 is 0 Å². The highest BCUT2D eigenvalue weighted by atomic mass is 16.5. The fourth-order valence-electron chi connectivity index (χ4n) is 2.49. The minimum Gasteiger partial charge on any atom is -0.494 e. The summed E-state index contributed by atoms with van der Waals surface area (Å²) in [6.07, 6.45) is 0. The first-order chi connectivity index (χ1) is 10.0. The Labute approximate surface area is 126 Å². The molecule has 116 valence electrons. The molecule has 0 spiro atoms. The maximum absolute atomic E-state index is 12.2. The summed E-state index contributed by atoms with van der Waals surface area (Å²) in [4.78, 5) is 14.4. The standard InChI is InChI=1S/C16H25N3O2/c1-4-21-14-7-5-13(6-8-14)18-15(20)11-19-10-9-17-12-16(19,2)3/h5-8,17H,4,9-12H2,1-3H3,(H,18,20). The Morgan fingerprint density at radius 1 is 1.38 bits per heavy atom. The molecule has 0 aliphatic carbocycles. The van der Waals surface area contributed by atoms with Crippen LogP contribution >= 0.6 is 0 Å². The molecule has 1 aromatic carbocycles. The Balaban J connectivity index is 1.89. The summed E-state index contributed by atoms with van der Waals surface area (Å²) >= 11 is 0. The molecule has 0 aromatic heterocycles. The lowest BCUT2D eigenvalue weighted by Crippen LogP contribution is -2.59. The number of benzene rings is 1. The third kappa shape index (κ3) is 4.44. The molecular formula is C16H25N3O2. The first-order valence-electron chi connectivity index (χ1n) is 7.50. The highest BCUT2D eigenvalue weighted by Gasteiger charge is 2.30. The van der Waals surface area contributed by atoms with E-state index in [0.29, 0.717) is 13.2 Å². The molecule has 0 unspecified atom stereocenters. The van der Waals surface area contributed by atoms with Gasteiger partial charge in [0.05, 0.1) is 13.2 Å². The molecule has 0 saturated carbocycles. The monoisotopic (exact) mass is 291 g/mol.